The summed E-state index contributed by atoms with van der Waals surface area (Å²) in [5, 5.41) is 10.2. The van der Waals surface area contributed by atoms with E-state index < -0.39 is 0 Å². The largest absolute Gasteiger partial charge is 0.393 e. The van der Waals surface area contributed by atoms with Gasteiger partial charge >= 0.3 is 0 Å². The SMILES string of the molecule is OC1CC[C@@]2(Cc3ccccc3)c3ccccc3CCC2C1. The summed E-state index contributed by atoms with van der Waals surface area (Å²) in [6.07, 6.45) is 6.44. The Morgan fingerprint density at radius 3 is 2.59 bits per heavy atom. The quantitative estimate of drug-likeness (QED) is 0.876. The van der Waals surface area contributed by atoms with Crippen molar-refractivity contribution in [2.45, 2.75) is 50.0 Å². The second kappa shape index (κ2) is 5.55. The fourth-order valence-corrected chi connectivity index (χ4v) is 4.89. The third-order valence-corrected chi connectivity index (χ3v) is 5.94. The van der Waals surface area contributed by atoms with Crippen molar-refractivity contribution in [2.24, 2.45) is 5.92 Å². The molecule has 1 saturated carbocycles. The number of fused-ring (bicyclic) bond motifs is 3. The summed E-state index contributed by atoms with van der Waals surface area (Å²) in [5.41, 5.74) is 4.75. The Kier molecular flexibility index (Phi) is 3.54. The molecule has 2 unspecified atom stereocenters. The highest BCUT2D eigenvalue weighted by Crippen LogP contribution is 2.51. The van der Waals surface area contributed by atoms with Gasteiger partial charge in [0.1, 0.15) is 0 Å². The number of hydrogen-bond acceptors (Lipinski definition) is 1. The van der Waals surface area contributed by atoms with Crippen molar-refractivity contribution in [3.05, 3.63) is 71.3 Å². The van der Waals surface area contributed by atoms with Crippen LogP contribution in [0.25, 0.3) is 0 Å². The lowest BCUT2D eigenvalue weighted by atomic mass is 9.55. The normalized spacial score (nSPS) is 30.4. The smallest absolute Gasteiger partial charge is 0.0543 e. The molecule has 0 saturated heterocycles. The third-order valence-electron chi connectivity index (χ3n) is 5.94. The summed E-state index contributed by atoms with van der Waals surface area (Å²) < 4.78 is 0. The summed E-state index contributed by atoms with van der Waals surface area (Å²) in [5.74, 6) is 0.617. The lowest BCUT2D eigenvalue weighted by molar-refractivity contribution is 0.0406. The van der Waals surface area contributed by atoms with Gasteiger partial charge in [-0.25, -0.2) is 0 Å². The highest BCUT2D eigenvalue weighted by molar-refractivity contribution is 5.40. The van der Waals surface area contributed by atoms with Gasteiger partial charge in [-0.3, -0.25) is 0 Å². The highest BCUT2D eigenvalue weighted by Gasteiger charge is 2.47. The van der Waals surface area contributed by atoms with Gasteiger partial charge in [-0.2, -0.15) is 0 Å². The molecular formula is C21H24O. The minimum Gasteiger partial charge on any atom is -0.393 e. The molecule has 1 heteroatoms. The molecular weight excluding hydrogens is 268 g/mol. The number of aliphatic hydroxyl groups excluding tert-OH is 1. The van der Waals surface area contributed by atoms with Crippen molar-refractivity contribution in [3.63, 3.8) is 0 Å². The molecule has 0 amide bonds. The number of rotatable bonds is 2. The van der Waals surface area contributed by atoms with E-state index in [1.807, 2.05) is 0 Å². The Morgan fingerprint density at radius 1 is 0.955 bits per heavy atom. The summed E-state index contributed by atoms with van der Waals surface area (Å²) in [4.78, 5) is 0. The van der Waals surface area contributed by atoms with E-state index in [0.717, 1.165) is 25.7 Å². The predicted octanol–water partition coefficient (Wildman–Crippen LogP) is 4.27. The Balaban J connectivity index is 1.79. The van der Waals surface area contributed by atoms with E-state index in [0.29, 0.717) is 5.92 Å². The van der Waals surface area contributed by atoms with Gasteiger partial charge in [0.25, 0.3) is 0 Å². The van der Waals surface area contributed by atoms with Gasteiger partial charge in [0.2, 0.25) is 0 Å². The maximum atomic E-state index is 10.2. The van der Waals surface area contributed by atoms with Crippen molar-refractivity contribution in [1.82, 2.24) is 0 Å². The van der Waals surface area contributed by atoms with Crippen LogP contribution < -0.4 is 0 Å². The average molecular weight is 292 g/mol. The molecule has 2 aromatic rings. The van der Waals surface area contributed by atoms with Crippen molar-refractivity contribution in [2.75, 3.05) is 0 Å². The lowest BCUT2D eigenvalue weighted by Crippen LogP contribution is -2.46. The molecule has 114 valence electrons. The van der Waals surface area contributed by atoms with Gasteiger partial charge in [0.15, 0.2) is 0 Å². The Morgan fingerprint density at radius 2 is 1.73 bits per heavy atom. The zero-order valence-corrected chi connectivity index (χ0v) is 13.0. The molecule has 2 aliphatic rings. The van der Waals surface area contributed by atoms with Crippen LogP contribution in [0.1, 0.15) is 42.4 Å². The van der Waals surface area contributed by atoms with Gasteiger partial charge < -0.3 is 5.11 Å². The van der Waals surface area contributed by atoms with E-state index in [-0.39, 0.29) is 11.5 Å². The molecule has 2 aliphatic carbocycles. The first-order chi connectivity index (χ1) is 10.8. The topological polar surface area (TPSA) is 20.2 Å². The fourth-order valence-electron chi connectivity index (χ4n) is 4.89. The van der Waals surface area contributed by atoms with E-state index in [9.17, 15) is 5.11 Å². The van der Waals surface area contributed by atoms with E-state index in [1.54, 1.807) is 5.56 Å². The number of aliphatic hydroxyl groups is 1. The number of hydrogen-bond donors (Lipinski definition) is 1. The minimum atomic E-state index is -0.0980. The summed E-state index contributed by atoms with van der Waals surface area (Å²) >= 11 is 0. The van der Waals surface area contributed by atoms with E-state index in [4.69, 9.17) is 0 Å². The molecule has 0 bridgehead atoms. The van der Waals surface area contributed by atoms with Gasteiger partial charge in [0, 0.05) is 5.41 Å². The van der Waals surface area contributed by atoms with E-state index >= 15 is 0 Å². The summed E-state index contributed by atoms with van der Waals surface area (Å²) in [6.45, 7) is 0. The Hall–Kier alpha value is -1.60. The van der Waals surface area contributed by atoms with Crippen LogP contribution in [-0.4, -0.2) is 11.2 Å². The van der Waals surface area contributed by atoms with Gasteiger partial charge in [0.05, 0.1) is 6.10 Å². The molecule has 2 aromatic carbocycles. The van der Waals surface area contributed by atoms with Crippen molar-refractivity contribution >= 4 is 0 Å². The molecule has 0 aromatic heterocycles. The standard InChI is InChI=1S/C21H24O/c22-19-12-13-21(15-16-6-2-1-3-7-16)18(14-19)11-10-17-8-4-5-9-20(17)21/h1-9,18-19,22H,10-15H2/t18?,19?,21-/m0/s1. The second-order valence-electron chi connectivity index (χ2n) is 7.14. The molecule has 0 spiro atoms. The van der Waals surface area contributed by atoms with Gasteiger partial charge in [-0.15, -0.1) is 0 Å². The lowest BCUT2D eigenvalue weighted by Gasteiger charge is -2.50. The molecule has 22 heavy (non-hydrogen) atoms. The molecule has 1 nitrogen and oxygen atoms in total. The van der Waals surface area contributed by atoms with Gasteiger partial charge in [-0.05, 0) is 61.1 Å². The number of benzene rings is 2. The molecule has 1 fully saturated rings. The first kappa shape index (κ1) is 14.0. The predicted molar refractivity (Wildman–Crippen MR) is 89.9 cm³/mol. The monoisotopic (exact) mass is 292 g/mol. The fraction of sp³-hybridized carbons (Fsp3) is 0.429. The van der Waals surface area contributed by atoms with Gasteiger partial charge in [-0.1, -0.05) is 54.6 Å². The van der Waals surface area contributed by atoms with Crippen LogP contribution in [0.15, 0.2) is 54.6 Å². The molecule has 3 atom stereocenters. The highest BCUT2D eigenvalue weighted by atomic mass is 16.3. The Bertz CT molecular complexity index is 648. The molecule has 0 aliphatic heterocycles. The van der Waals surface area contributed by atoms with E-state index in [2.05, 4.69) is 54.6 Å². The van der Waals surface area contributed by atoms with Crippen LogP contribution in [-0.2, 0) is 18.3 Å². The third kappa shape index (κ3) is 2.28. The summed E-state index contributed by atoms with van der Waals surface area (Å²) in [7, 11) is 0. The van der Waals surface area contributed by atoms with Crippen molar-refractivity contribution in [1.29, 1.82) is 0 Å². The van der Waals surface area contributed by atoms with Crippen LogP contribution in [0, 0.1) is 5.92 Å². The second-order valence-corrected chi connectivity index (χ2v) is 7.14. The molecule has 4 rings (SSSR count). The van der Waals surface area contributed by atoms with E-state index in [1.165, 1.54) is 24.0 Å². The first-order valence-electron chi connectivity index (χ1n) is 8.58. The average Bonchev–Trinajstić information content (AvgIpc) is 2.56. The van der Waals surface area contributed by atoms with Crippen LogP contribution in [0.3, 0.4) is 0 Å². The maximum Gasteiger partial charge on any atom is 0.0543 e. The Labute approximate surface area is 133 Å². The summed E-state index contributed by atoms with van der Waals surface area (Å²) in [6, 6.07) is 19.9. The number of aryl methyl sites for hydroxylation is 1. The maximum absolute atomic E-state index is 10.2. The molecule has 0 heterocycles. The van der Waals surface area contributed by atoms with Crippen LogP contribution >= 0.6 is 0 Å². The van der Waals surface area contributed by atoms with Crippen molar-refractivity contribution in [3.8, 4) is 0 Å². The molecule has 0 radical (unpaired) electrons. The van der Waals surface area contributed by atoms with Crippen LogP contribution in [0.4, 0.5) is 0 Å². The first-order valence-corrected chi connectivity index (χ1v) is 8.58. The van der Waals surface area contributed by atoms with Crippen LogP contribution in [0.5, 0.6) is 0 Å². The molecule has 1 N–H and O–H groups in total. The zero-order chi connectivity index (χ0) is 15.0. The van der Waals surface area contributed by atoms with Crippen LogP contribution in [0.2, 0.25) is 0 Å². The minimum absolute atomic E-state index is 0.0980. The zero-order valence-electron chi connectivity index (χ0n) is 13.0. The van der Waals surface area contributed by atoms with Crippen molar-refractivity contribution < 1.29 is 5.11 Å².